The summed E-state index contributed by atoms with van der Waals surface area (Å²) < 4.78 is 16.4. The average molecular weight is 217 g/mol. The topological polar surface area (TPSA) is 53.7 Å². The molecule has 0 aromatic rings. The molecule has 0 radical (unpaired) electrons. The molecule has 4 nitrogen and oxygen atoms in total. The molecule has 2 N–H and O–H groups in total. The lowest BCUT2D eigenvalue weighted by atomic mass is 9.85. The highest BCUT2D eigenvalue weighted by atomic mass is 16.6. The van der Waals surface area contributed by atoms with Crippen molar-refractivity contribution in [1.29, 1.82) is 0 Å². The van der Waals surface area contributed by atoms with Gasteiger partial charge in [-0.15, -0.1) is 0 Å². The van der Waals surface area contributed by atoms with Crippen LogP contribution in [0.4, 0.5) is 0 Å². The van der Waals surface area contributed by atoms with E-state index in [0.717, 1.165) is 6.42 Å². The molecule has 15 heavy (non-hydrogen) atoms. The number of nitrogens with two attached hydrogens (primary N) is 1. The molecule has 0 aromatic heterocycles. The van der Waals surface area contributed by atoms with Crippen molar-refractivity contribution in [2.75, 3.05) is 20.3 Å². The van der Waals surface area contributed by atoms with E-state index in [1.54, 1.807) is 7.11 Å². The smallest absolute Gasteiger partial charge is 0.0990 e. The van der Waals surface area contributed by atoms with Gasteiger partial charge in [0.1, 0.15) is 0 Å². The summed E-state index contributed by atoms with van der Waals surface area (Å²) in [6.07, 6.45) is 1.05. The molecule has 4 heteroatoms. The second-order valence-corrected chi connectivity index (χ2v) is 5.00. The van der Waals surface area contributed by atoms with Crippen LogP contribution >= 0.6 is 0 Å². The predicted octanol–water partition coefficient (Wildman–Crippen LogP) is 0.933. The van der Waals surface area contributed by atoms with Crippen molar-refractivity contribution in [2.24, 2.45) is 5.73 Å². The quantitative estimate of drug-likeness (QED) is 0.696. The summed E-state index contributed by atoms with van der Waals surface area (Å²) in [6.45, 7) is 7.32. The SMILES string of the molecule is COCCOC1C(N)CC1OC(C)(C)C. The maximum absolute atomic E-state index is 5.87. The summed E-state index contributed by atoms with van der Waals surface area (Å²) in [7, 11) is 1.66. The molecule has 0 aliphatic heterocycles. The molecule has 0 spiro atoms. The van der Waals surface area contributed by atoms with Crippen LogP contribution in [0.15, 0.2) is 0 Å². The number of rotatable bonds is 5. The molecule has 3 unspecified atom stereocenters. The first-order valence-corrected chi connectivity index (χ1v) is 5.48. The van der Waals surface area contributed by atoms with Crippen LogP contribution in [0.5, 0.6) is 0 Å². The average Bonchev–Trinajstić information content (AvgIpc) is 2.09. The molecular formula is C11H23NO3. The Morgan fingerprint density at radius 3 is 2.40 bits per heavy atom. The summed E-state index contributed by atoms with van der Waals surface area (Å²) in [5.41, 5.74) is 5.74. The molecule has 0 saturated heterocycles. The van der Waals surface area contributed by atoms with E-state index in [4.69, 9.17) is 19.9 Å². The summed E-state index contributed by atoms with van der Waals surface area (Å²) in [6, 6.07) is 0.106. The van der Waals surface area contributed by atoms with Gasteiger partial charge in [-0.05, 0) is 27.2 Å². The van der Waals surface area contributed by atoms with E-state index in [2.05, 4.69) is 0 Å². The van der Waals surface area contributed by atoms with Gasteiger partial charge in [0.25, 0.3) is 0 Å². The Labute approximate surface area is 92.1 Å². The van der Waals surface area contributed by atoms with Crippen LogP contribution in [0.25, 0.3) is 0 Å². The lowest BCUT2D eigenvalue weighted by Gasteiger charge is -2.44. The van der Waals surface area contributed by atoms with Crippen molar-refractivity contribution < 1.29 is 14.2 Å². The minimum absolute atomic E-state index is 0.0272. The first-order valence-electron chi connectivity index (χ1n) is 5.48. The van der Waals surface area contributed by atoms with E-state index in [1.165, 1.54) is 0 Å². The van der Waals surface area contributed by atoms with Crippen molar-refractivity contribution in [1.82, 2.24) is 0 Å². The van der Waals surface area contributed by atoms with Crippen molar-refractivity contribution >= 4 is 0 Å². The zero-order valence-electron chi connectivity index (χ0n) is 10.2. The number of hydrogen-bond donors (Lipinski definition) is 1. The van der Waals surface area contributed by atoms with E-state index in [-0.39, 0.29) is 23.9 Å². The highest BCUT2D eigenvalue weighted by molar-refractivity contribution is 4.96. The van der Waals surface area contributed by atoms with Crippen LogP contribution in [-0.2, 0) is 14.2 Å². The fourth-order valence-electron chi connectivity index (χ4n) is 1.68. The Balaban J connectivity index is 2.28. The van der Waals surface area contributed by atoms with Gasteiger partial charge in [0, 0.05) is 13.2 Å². The van der Waals surface area contributed by atoms with Gasteiger partial charge in [-0.1, -0.05) is 0 Å². The van der Waals surface area contributed by atoms with Gasteiger partial charge in [0.15, 0.2) is 0 Å². The summed E-state index contributed by atoms with van der Waals surface area (Å²) in [5, 5.41) is 0. The van der Waals surface area contributed by atoms with E-state index < -0.39 is 0 Å². The maximum Gasteiger partial charge on any atom is 0.0990 e. The molecule has 0 heterocycles. The zero-order chi connectivity index (χ0) is 11.5. The zero-order valence-corrected chi connectivity index (χ0v) is 10.2. The third-order valence-corrected chi connectivity index (χ3v) is 2.40. The van der Waals surface area contributed by atoms with E-state index in [0.29, 0.717) is 13.2 Å². The Hall–Kier alpha value is -0.160. The third-order valence-electron chi connectivity index (χ3n) is 2.40. The van der Waals surface area contributed by atoms with E-state index in [9.17, 15) is 0 Å². The molecule has 3 atom stereocenters. The monoisotopic (exact) mass is 217 g/mol. The fourth-order valence-corrected chi connectivity index (χ4v) is 1.68. The normalized spacial score (nSPS) is 31.4. The number of hydrogen-bond acceptors (Lipinski definition) is 4. The summed E-state index contributed by atoms with van der Waals surface area (Å²) in [4.78, 5) is 0. The molecule has 1 saturated carbocycles. The second-order valence-electron chi connectivity index (χ2n) is 5.00. The van der Waals surface area contributed by atoms with Crippen molar-refractivity contribution in [2.45, 2.75) is 51.0 Å². The number of methoxy groups -OCH3 is 1. The lowest BCUT2D eigenvalue weighted by molar-refractivity contribution is -0.184. The van der Waals surface area contributed by atoms with Crippen molar-refractivity contribution in [3.05, 3.63) is 0 Å². The molecule has 0 amide bonds. The molecule has 1 aliphatic carbocycles. The third kappa shape index (κ3) is 4.07. The minimum Gasteiger partial charge on any atom is -0.382 e. The van der Waals surface area contributed by atoms with Gasteiger partial charge >= 0.3 is 0 Å². The van der Waals surface area contributed by atoms with Gasteiger partial charge in [-0.3, -0.25) is 0 Å². The largest absolute Gasteiger partial charge is 0.382 e. The van der Waals surface area contributed by atoms with E-state index in [1.807, 2.05) is 20.8 Å². The highest BCUT2D eigenvalue weighted by Crippen LogP contribution is 2.29. The first kappa shape index (κ1) is 12.9. The number of ether oxygens (including phenoxy) is 3. The summed E-state index contributed by atoms with van der Waals surface area (Å²) in [5.74, 6) is 0. The van der Waals surface area contributed by atoms with Crippen molar-refractivity contribution in [3.63, 3.8) is 0 Å². The first-order chi connectivity index (χ1) is 6.94. The van der Waals surface area contributed by atoms with Crippen LogP contribution in [-0.4, -0.2) is 44.2 Å². The maximum atomic E-state index is 5.87. The Morgan fingerprint density at radius 2 is 1.93 bits per heavy atom. The Kier molecular flexibility index (Phi) is 4.52. The lowest BCUT2D eigenvalue weighted by Crippen LogP contribution is -2.59. The van der Waals surface area contributed by atoms with Crippen LogP contribution in [0, 0.1) is 0 Å². The van der Waals surface area contributed by atoms with Crippen LogP contribution in [0.3, 0.4) is 0 Å². The second kappa shape index (κ2) is 5.25. The van der Waals surface area contributed by atoms with Crippen molar-refractivity contribution in [3.8, 4) is 0 Å². The van der Waals surface area contributed by atoms with Gasteiger partial charge in [0.05, 0.1) is 31.0 Å². The molecule has 1 fully saturated rings. The molecule has 0 aromatic carbocycles. The van der Waals surface area contributed by atoms with E-state index >= 15 is 0 Å². The minimum atomic E-state index is -0.131. The molecular weight excluding hydrogens is 194 g/mol. The van der Waals surface area contributed by atoms with Gasteiger partial charge < -0.3 is 19.9 Å². The molecule has 1 rings (SSSR count). The summed E-state index contributed by atoms with van der Waals surface area (Å²) >= 11 is 0. The fraction of sp³-hybridized carbons (Fsp3) is 1.00. The standard InChI is InChI=1S/C11H23NO3/c1-11(2,3)15-9-7-8(12)10(9)14-6-5-13-4/h8-10H,5-7,12H2,1-4H3. The molecule has 0 bridgehead atoms. The molecule has 90 valence electrons. The predicted molar refractivity (Wildman–Crippen MR) is 58.8 cm³/mol. The highest BCUT2D eigenvalue weighted by Gasteiger charge is 2.42. The van der Waals surface area contributed by atoms with Gasteiger partial charge in [-0.25, -0.2) is 0 Å². The van der Waals surface area contributed by atoms with Crippen LogP contribution < -0.4 is 5.73 Å². The molecule has 1 aliphatic rings. The van der Waals surface area contributed by atoms with Gasteiger partial charge in [-0.2, -0.15) is 0 Å². The van der Waals surface area contributed by atoms with Gasteiger partial charge in [0.2, 0.25) is 0 Å². The Bertz CT molecular complexity index is 191. The van der Waals surface area contributed by atoms with Crippen LogP contribution in [0.1, 0.15) is 27.2 Å². The Morgan fingerprint density at radius 1 is 1.27 bits per heavy atom. The van der Waals surface area contributed by atoms with Crippen LogP contribution in [0.2, 0.25) is 0 Å².